The third-order valence-corrected chi connectivity index (χ3v) is 4.15. The Labute approximate surface area is 130 Å². The Balaban J connectivity index is 2.21. The summed E-state index contributed by atoms with van der Waals surface area (Å²) in [5.74, 6) is 0.0634. The van der Waals surface area contributed by atoms with E-state index in [9.17, 15) is 4.79 Å². The molecule has 0 spiro atoms. The van der Waals surface area contributed by atoms with Gasteiger partial charge < -0.3 is 0 Å². The molecule has 0 saturated carbocycles. The molecule has 1 aromatic carbocycles. The second-order valence-electron chi connectivity index (χ2n) is 6.41. The van der Waals surface area contributed by atoms with Crippen LogP contribution in [0.1, 0.15) is 48.0 Å². The summed E-state index contributed by atoms with van der Waals surface area (Å²) >= 11 is 6.18. The van der Waals surface area contributed by atoms with Crippen LogP contribution in [0.3, 0.4) is 0 Å². The highest BCUT2D eigenvalue weighted by Gasteiger charge is 2.17. The van der Waals surface area contributed by atoms with Crippen molar-refractivity contribution in [3.05, 3.63) is 51.8 Å². The van der Waals surface area contributed by atoms with Gasteiger partial charge in [-0.1, -0.05) is 56.6 Å². The summed E-state index contributed by atoms with van der Waals surface area (Å²) in [5, 5.41) is 4.77. The molecule has 0 bridgehead atoms. The minimum Gasteiger partial charge on any atom is -0.294 e. The predicted molar refractivity (Wildman–Crippen MR) is 86.1 cm³/mol. The summed E-state index contributed by atoms with van der Waals surface area (Å²) in [6, 6.07) is 7.82. The molecule has 0 aliphatic rings. The van der Waals surface area contributed by atoms with E-state index < -0.39 is 0 Å². The maximum absolute atomic E-state index is 12.4. The van der Waals surface area contributed by atoms with Crippen LogP contribution in [0.4, 0.5) is 0 Å². The van der Waals surface area contributed by atoms with Gasteiger partial charge in [0.2, 0.25) is 0 Å². The summed E-state index contributed by atoms with van der Waals surface area (Å²) in [6.45, 7) is 8.34. The monoisotopic (exact) mass is 304 g/mol. The van der Waals surface area contributed by atoms with Crippen LogP contribution < -0.4 is 0 Å². The first kappa shape index (κ1) is 15.8. The Morgan fingerprint density at radius 2 is 1.81 bits per heavy atom. The quantitative estimate of drug-likeness (QED) is 0.800. The molecule has 2 rings (SSSR count). The van der Waals surface area contributed by atoms with E-state index in [1.807, 2.05) is 31.2 Å². The van der Waals surface area contributed by atoms with Gasteiger partial charge in [0.05, 0.1) is 5.69 Å². The first-order chi connectivity index (χ1) is 9.70. The van der Waals surface area contributed by atoms with Crippen LogP contribution in [0.25, 0.3) is 0 Å². The summed E-state index contributed by atoms with van der Waals surface area (Å²) in [5.41, 5.74) is 3.63. The molecule has 0 radical (unpaired) electrons. The molecule has 0 fully saturated rings. The fraction of sp³-hybridized carbons (Fsp3) is 0.412. The molecule has 0 N–H and O–H groups in total. The summed E-state index contributed by atoms with van der Waals surface area (Å²) < 4.78 is 1.60. The number of hydrogen-bond acceptors (Lipinski definition) is 2. The van der Waals surface area contributed by atoms with Gasteiger partial charge in [-0.2, -0.15) is 5.10 Å². The van der Waals surface area contributed by atoms with Crippen molar-refractivity contribution in [3.63, 3.8) is 0 Å². The molecular weight excluding hydrogens is 284 g/mol. The highest BCUT2D eigenvalue weighted by Crippen LogP contribution is 2.24. The lowest BCUT2D eigenvalue weighted by atomic mass is 9.86. The van der Waals surface area contributed by atoms with E-state index in [1.54, 1.807) is 11.7 Å². The molecule has 0 aliphatic heterocycles. The fourth-order valence-corrected chi connectivity index (χ4v) is 2.53. The predicted octanol–water partition coefficient (Wildman–Crippen LogP) is 4.10. The van der Waals surface area contributed by atoms with Crippen molar-refractivity contribution in [2.45, 2.75) is 39.5 Å². The minimum absolute atomic E-state index is 0.0634. The van der Waals surface area contributed by atoms with Crippen LogP contribution in [0.2, 0.25) is 5.15 Å². The van der Waals surface area contributed by atoms with E-state index >= 15 is 0 Å². The number of ketones is 1. The number of nitrogens with zero attached hydrogens (tertiary/aromatic N) is 2. The maximum atomic E-state index is 12.4. The SMILES string of the molecule is Cc1nn(C)c(Cl)c1CC(=O)c1ccc(C(C)(C)C)cc1. The Bertz CT molecular complexity index is 663. The van der Waals surface area contributed by atoms with E-state index in [2.05, 4.69) is 25.9 Å². The van der Waals surface area contributed by atoms with Crippen molar-refractivity contribution < 1.29 is 4.79 Å². The number of carbonyl (C=O) groups is 1. The Kier molecular flexibility index (Phi) is 4.24. The molecule has 0 saturated heterocycles. The third-order valence-electron chi connectivity index (χ3n) is 3.68. The first-order valence-corrected chi connectivity index (χ1v) is 7.39. The Morgan fingerprint density at radius 3 is 2.24 bits per heavy atom. The van der Waals surface area contributed by atoms with Crippen molar-refractivity contribution >= 4 is 17.4 Å². The van der Waals surface area contributed by atoms with Crippen LogP contribution in [0, 0.1) is 6.92 Å². The van der Waals surface area contributed by atoms with Crippen LogP contribution in [0.5, 0.6) is 0 Å². The van der Waals surface area contributed by atoms with Crippen molar-refractivity contribution in [3.8, 4) is 0 Å². The second kappa shape index (κ2) is 5.64. The number of aromatic nitrogens is 2. The largest absolute Gasteiger partial charge is 0.294 e. The minimum atomic E-state index is 0.0634. The fourth-order valence-electron chi connectivity index (χ4n) is 2.29. The lowest BCUT2D eigenvalue weighted by Crippen LogP contribution is -2.11. The molecule has 2 aromatic rings. The molecule has 1 aromatic heterocycles. The molecule has 112 valence electrons. The Hall–Kier alpha value is -1.61. The smallest absolute Gasteiger partial charge is 0.167 e. The average Bonchev–Trinajstić information content (AvgIpc) is 2.64. The van der Waals surface area contributed by atoms with Crippen molar-refractivity contribution in [1.29, 1.82) is 0 Å². The number of hydrogen-bond donors (Lipinski definition) is 0. The van der Waals surface area contributed by atoms with E-state index in [0.29, 0.717) is 10.7 Å². The maximum Gasteiger partial charge on any atom is 0.167 e. The molecule has 3 nitrogen and oxygen atoms in total. The summed E-state index contributed by atoms with van der Waals surface area (Å²) in [6.07, 6.45) is 0.285. The third kappa shape index (κ3) is 3.35. The zero-order valence-electron chi connectivity index (χ0n) is 13.2. The molecule has 0 aliphatic carbocycles. The van der Waals surface area contributed by atoms with Crippen molar-refractivity contribution in [2.75, 3.05) is 0 Å². The first-order valence-electron chi connectivity index (χ1n) is 7.02. The van der Waals surface area contributed by atoms with Crippen molar-refractivity contribution in [1.82, 2.24) is 9.78 Å². The van der Waals surface area contributed by atoms with Gasteiger partial charge in [-0.25, -0.2) is 0 Å². The van der Waals surface area contributed by atoms with Crippen LogP contribution in [-0.2, 0) is 18.9 Å². The Morgan fingerprint density at radius 1 is 1.24 bits per heavy atom. The number of Topliss-reactive ketones (excluding diaryl/α,β-unsaturated/α-hetero) is 1. The zero-order valence-corrected chi connectivity index (χ0v) is 14.0. The molecule has 1 heterocycles. The molecule has 0 amide bonds. The van der Waals surface area contributed by atoms with Gasteiger partial charge in [-0.15, -0.1) is 0 Å². The molecular formula is C17H21ClN2O. The standard InChI is InChI=1S/C17H21ClN2O/c1-11-14(16(18)20(5)19-11)10-15(21)12-6-8-13(9-7-12)17(2,3)4/h6-9H,10H2,1-5H3. The number of rotatable bonds is 3. The number of halogens is 1. The number of benzene rings is 1. The van der Waals surface area contributed by atoms with E-state index in [1.165, 1.54) is 5.56 Å². The number of aryl methyl sites for hydroxylation is 2. The van der Waals surface area contributed by atoms with Crippen LogP contribution in [0.15, 0.2) is 24.3 Å². The van der Waals surface area contributed by atoms with Gasteiger partial charge in [0.25, 0.3) is 0 Å². The molecule has 0 unspecified atom stereocenters. The van der Waals surface area contributed by atoms with Crippen LogP contribution in [-0.4, -0.2) is 15.6 Å². The van der Waals surface area contributed by atoms with Gasteiger partial charge in [-0.05, 0) is 17.9 Å². The van der Waals surface area contributed by atoms with Crippen molar-refractivity contribution in [2.24, 2.45) is 7.05 Å². The van der Waals surface area contributed by atoms with E-state index in [4.69, 9.17) is 11.6 Å². The normalized spacial score (nSPS) is 11.7. The molecule has 21 heavy (non-hydrogen) atoms. The van der Waals surface area contributed by atoms with Gasteiger partial charge in [0.15, 0.2) is 5.78 Å². The lowest BCUT2D eigenvalue weighted by Gasteiger charge is -2.19. The van der Waals surface area contributed by atoms with Gasteiger partial charge in [0.1, 0.15) is 5.15 Å². The summed E-state index contributed by atoms with van der Waals surface area (Å²) in [4.78, 5) is 12.4. The van der Waals surface area contributed by atoms with Gasteiger partial charge in [0, 0.05) is 24.6 Å². The topological polar surface area (TPSA) is 34.9 Å². The van der Waals surface area contributed by atoms with Crippen LogP contribution >= 0.6 is 11.6 Å². The summed E-state index contributed by atoms with van der Waals surface area (Å²) in [7, 11) is 1.78. The molecule has 0 atom stereocenters. The van der Waals surface area contributed by atoms with E-state index in [-0.39, 0.29) is 17.6 Å². The van der Waals surface area contributed by atoms with Gasteiger partial charge in [-0.3, -0.25) is 9.48 Å². The second-order valence-corrected chi connectivity index (χ2v) is 6.76. The average molecular weight is 305 g/mol. The lowest BCUT2D eigenvalue weighted by molar-refractivity contribution is 0.0992. The van der Waals surface area contributed by atoms with E-state index in [0.717, 1.165) is 11.3 Å². The zero-order chi connectivity index (χ0) is 15.8. The molecule has 4 heteroatoms. The highest BCUT2D eigenvalue weighted by molar-refractivity contribution is 6.30. The number of carbonyl (C=O) groups excluding carboxylic acids is 1. The highest BCUT2D eigenvalue weighted by atomic mass is 35.5. The van der Waals surface area contributed by atoms with Gasteiger partial charge >= 0.3 is 0 Å².